The summed E-state index contributed by atoms with van der Waals surface area (Å²) in [6, 6.07) is 36.3. The van der Waals surface area contributed by atoms with E-state index >= 15 is 0 Å². The molecule has 5 aromatic carbocycles. The molecule has 0 fully saturated rings. The predicted octanol–water partition coefficient (Wildman–Crippen LogP) is 7.41. The second-order valence-corrected chi connectivity index (χ2v) is 8.81. The zero-order valence-electron chi connectivity index (χ0n) is 18.8. The molecule has 1 atom stereocenters. The van der Waals surface area contributed by atoms with E-state index in [-0.39, 0.29) is 0 Å². The lowest BCUT2D eigenvalue weighted by molar-refractivity contribution is 0.164. The smallest absolute Gasteiger partial charge is 0.178 e. The van der Waals surface area contributed by atoms with Gasteiger partial charge in [-0.2, -0.15) is 0 Å². The van der Waals surface area contributed by atoms with E-state index in [0.717, 1.165) is 27.8 Å². The van der Waals surface area contributed by atoms with Gasteiger partial charge in [0.25, 0.3) is 0 Å². The first kappa shape index (κ1) is 19.6. The van der Waals surface area contributed by atoms with E-state index in [1.54, 1.807) is 0 Å². The third-order valence-corrected chi connectivity index (χ3v) is 6.69. The minimum Gasteiger partial charge on any atom is -0.472 e. The fourth-order valence-corrected chi connectivity index (χ4v) is 4.98. The molecular formula is C31H25NO. The second-order valence-electron chi connectivity index (χ2n) is 8.81. The molecule has 0 aliphatic carbocycles. The summed E-state index contributed by atoms with van der Waals surface area (Å²) in [4.78, 5) is 2.12. The Bertz CT molecular complexity index is 1500. The van der Waals surface area contributed by atoms with Crippen LogP contribution in [0.3, 0.4) is 0 Å². The molecule has 1 aliphatic rings. The monoisotopic (exact) mass is 427 g/mol. The van der Waals surface area contributed by atoms with E-state index in [1.165, 1.54) is 21.8 Å². The molecule has 1 aliphatic heterocycles. The zero-order valence-corrected chi connectivity index (χ0v) is 18.8. The molecule has 33 heavy (non-hydrogen) atoms. The van der Waals surface area contributed by atoms with Crippen molar-refractivity contribution < 1.29 is 4.74 Å². The van der Waals surface area contributed by atoms with E-state index in [4.69, 9.17) is 4.74 Å². The maximum absolute atomic E-state index is 7.11. The van der Waals surface area contributed by atoms with Gasteiger partial charge in [0.1, 0.15) is 5.75 Å². The minimum absolute atomic E-state index is 0.704. The number of ether oxygens (including phenoxy) is 1. The van der Waals surface area contributed by atoms with Crippen LogP contribution >= 0.6 is 0 Å². The Morgan fingerprint density at radius 1 is 0.576 bits per heavy atom. The van der Waals surface area contributed by atoms with Crippen molar-refractivity contribution in [1.29, 1.82) is 0 Å². The summed E-state index contributed by atoms with van der Waals surface area (Å²) in [5.41, 5.74) is 3.82. The van der Waals surface area contributed by atoms with Crippen molar-refractivity contribution in [2.75, 3.05) is 19.0 Å². The van der Waals surface area contributed by atoms with Crippen LogP contribution in [0.15, 0.2) is 109 Å². The molecule has 0 radical (unpaired) electrons. The van der Waals surface area contributed by atoms with Crippen LogP contribution in [-0.4, -0.2) is 14.1 Å². The van der Waals surface area contributed by atoms with E-state index in [0.29, 0.717) is 0 Å². The fraction of sp³-hybridized carbons (Fsp3) is 0.0968. The van der Waals surface area contributed by atoms with Crippen molar-refractivity contribution in [3.05, 3.63) is 126 Å². The number of fused-ring (bicyclic) bond motifs is 6. The first-order valence-corrected chi connectivity index (χ1v) is 11.3. The predicted molar refractivity (Wildman–Crippen MR) is 139 cm³/mol. The molecule has 1 heterocycles. The number of rotatable bonds is 3. The SMILES string of the molecule is CN(C)c1ccc(C2(c3ccccc3)C=Cc3c(c4ccccc4c4ccccc34)O2)cc1. The Kier molecular flexibility index (Phi) is 4.48. The van der Waals surface area contributed by atoms with E-state index in [2.05, 4.69) is 134 Å². The number of anilines is 1. The standard InChI is InChI=1S/C31H25NO/c1-32(2)24-18-16-23(17-19-24)31(22-10-4-3-5-11-22)21-20-29-27-14-7-6-12-25(27)26-13-8-9-15-28(26)30(29)33-31/h3-21H,1-2H3. The number of benzene rings is 5. The van der Waals surface area contributed by atoms with Crippen LogP contribution in [0.25, 0.3) is 27.6 Å². The highest BCUT2D eigenvalue weighted by Crippen LogP contribution is 2.48. The normalized spacial score (nSPS) is 17.0. The van der Waals surface area contributed by atoms with Gasteiger partial charge in [-0.05, 0) is 40.4 Å². The van der Waals surface area contributed by atoms with Crippen molar-refractivity contribution in [1.82, 2.24) is 0 Å². The highest BCUT2D eigenvalue weighted by molar-refractivity contribution is 6.14. The molecule has 2 heteroatoms. The van der Waals surface area contributed by atoms with Crippen molar-refractivity contribution >= 4 is 33.3 Å². The number of hydrogen-bond acceptors (Lipinski definition) is 2. The third-order valence-electron chi connectivity index (χ3n) is 6.69. The van der Waals surface area contributed by atoms with E-state index in [9.17, 15) is 0 Å². The van der Waals surface area contributed by atoms with Gasteiger partial charge in [-0.3, -0.25) is 0 Å². The lowest BCUT2D eigenvalue weighted by Crippen LogP contribution is -2.34. The van der Waals surface area contributed by atoms with Gasteiger partial charge in [-0.15, -0.1) is 0 Å². The van der Waals surface area contributed by atoms with Crippen LogP contribution in [0.4, 0.5) is 5.69 Å². The summed E-state index contributed by atoms with van der Waals surface area (Å²) in [5, 5.41) is 4.82. The van der Waals surface area contributed by atoms with Crippen LogP contribution in [0.1, 0.15) is 16.7 Å². The molecule has 5 aromatic rings. The van der Waals surface area contributed by atoms with Gasteiger partial charge in [-0.25, -0.2) is 0 Å². The summed E-state index contributed by atoms with van der Waals surface area (Å²) in [7, 11) is 4.12. The minimum atomic E-state index is -0.704. The molecule has 0 saturated carbocycles. The van der Waals surface area contributed by atoms with Crippen LogP contribution in [0.2, 0.25) is 0 Å². The molecule has 160 valence electrons. The fourth-order valence-electron chi connectivity index (χ4n) is 4.98. The average Bonchev–Trinajstić information content (AvgIpc) is 2.89. The average molecular weight is 428 g/mol. The molecule has 0 amide bonds. The molecule has 6 rings (SSSR count). The van der Waals surface area contributed by atoms with Gasteiger partial charge in [-0.1, -0.05) is 91.0 Å². The Morgan fingerprint density at radius 3 is 1.79 bits per heavy atom. The lowest BCUT2D eigenvalue weighted by Gasteiger charge is -2.37. The van der Waals surface area contributed by atoms with E-state index in [1.807, 2.05) is 0 Å². The summed E-state index contributed by atoms with van der Waals surface area (Å²) < 4.78 is 7.11. The Hall–Kier alpha value is -4.04. The summed E-state index contributed by atoms with van der Waals surface area (Å²) in [6.07, 6.45) is 4.47. The molecule has 0 aromatic heterocycles. The van der Waals surface area contributed by atoms with Gasteiger partial charge >= 0.3 is 0 Å². The Balaban J connectivity index is 1.64. The van der Waals surface area contributed by atoms with Gasteiger partial charge in [0.2, 0.25) is 0 Å². The molecule has 1 unspecified atom stereocenters. The Morgan fingerprint density at radius 2 is 1.12 bits per heavy atom. The largest absolute Gasteiger partial charge is 0.472 e. The first-order valence-electron chi connectivity index (χ1n) is 11.3. The second kappa shape index (κ2) is 7.53. The van der Waals surface area contributed by atoms with Crippen LogP contribution in [-0.2, 0) is 5.60 Å². The van der Waals surface area contributed by atoms with Crippen molar-refractivity contribution in [3.63, 3.8) is 0 Å². The molecular weight excluding hydrogens is 402 g/mol. The lowest BCUT2D eigenvalue weighted by atomic mass is 9.82. The van der Waals surface area contributed by atoms with Crippen molar-refractivity contribution in [2.24, 2.45) is 0 Å². The topological polar surface area (TPSA) is 12.5 Å². The Labute approximate surface area is 194 Å². The molecule has 0 bridgehead atoms. The molecule has 0 N–H and O–H groups in total. The zero-order chi connectivity index (χ0) is 22.4. The van der Waals surface area contributed by atoms with E-state index < -0.39 is 5.60 Å². The summed E-state index contributed by atoms with van der Waals surface area (Å²) >= 11 is 0. The summed E-state index contributed by atoms with van der Waals surface area (Å²) in [5.74, 6) is 0.937. The van der Waals surface area contributed by atoms with Gasteiger partial charge in [0, 0.05) is 41.9 Å². The van der Waals surface area contributed by atoms with Crippen LogP contribution in [0, 0.1) is 0 Å². The van der Waals surface area contributed by atoms with Crippen molar-refractivity contribution in [2.45, 2.75) is 5.60 Å². The van der Waals surface area contributed by atoms with Gasteiger partial charge in [0.15, 0.2) is 5.60 Å². The van der Waals surface area contributed by atoms with Gasteiger partial charge in [0.05, 0.1) is 0 Å². The molecule has 0 saturated heterocycles. The third kappa shape index (κ3) is 3.02. The van der Waals surface area contributed by atoms with Crippen LogP contribution < -0.4 is 9.64 Å². The highest BCUT2D eigenvalue weighted by Gasteiger charge is 2.38. The van der Waals surface area contributed by atoms with Crippen molar-refractivity contribution in [3.8, 4) is 5.75 Å². The summed E-state index contributed by atoms with van der Waals surface area (Å²) in [6.45, 7) is 0. The quantitative estimate of drug-likeness (QED) is 0.278. The van der Waals surface area contributed by atoms with Crippen LogP contribution in [0.5, 0.6) is 5.75 Å². The number of nitrogens with zero attached hydrogens (tertiary/aromatic N) is 1. The molecule has 2 nitrogen and oxygen atoms in total. The highest BCUT2D eigenvalue weighted by atomic mass is 16.5. The first-order chi connectivity index (χ1) is 16.2. The maximum atomic E-state index is 7.11. The number of hydrogen-bond donors (Lipinski definition) is 0. The molecule has 0 spiro atoms. The maximum Gasteiger partial charge on any atom is 0.178 e. The van der Waals surface area contributed by atoms with Gasteiger partial charge < -0.3 is 9.64 Å².